The average molecular weight is 499 g/mol. The van der Waals surface area contributed by atoms with E-state index in [1.165, 1.54) is 5.56 Å². The number of carbonyl (C=O) groups is 1. The third kappa shape index (κ3) is 5.11. The number of pyridine rings is 1. The number of carbonyl (C=O) groups excluding carboxylic acids is 1. The van der Waals surface area contributed by atoms with Gasteiger partial charge in [-0.1, -0.05) is 18.2 Å². The van der Waals surface area contributed by atoms with E-state index in [9.17, 15) is 4.79 Å². The van der Waals surface area contributed by atoms with Crippen LogP contribution in [0.3, 0.4) is 0 Å². The SMILES string of the molecule is CCn1c(-c2nonc2N)nc2cnc(Oc3cccc(C(=O)Nc4ccc(CN(C)C)cc4)c3)cc21. The molecule has 5 aromatic rings. The number of aryl methyl sites for hydroxylation is 1. The van der Waals surface area contributed by atoms with E-state index in [2.05, 4.69) is 30.5 Å². The van der Waals surface area contributed by atoms with Crippen molar-refractivity contribution < 1.29 is 14.2 Å². The largest absolute Gasteiger partial charge is 0.439 e. The number of fused-ring (bicyclic) bond motifs is 1. The van der Waals surface area contributed by atoms with Crippen molar-refractivity contribution in [3.8, 4) is 23.1 Å². The molecule has 0 radical (unpaired) electrons. The van der Waals surface area contributed by atoms with Gasteiger partial charge in [-0.3, -0.25) is 4.79 Å². The van der Waals surface area contributed by atoms with Crippen LogP contribution in [0.15, 0.2) is 65.4 Å². The Morgan fingerprint density at radius 1 is 1.14 bits per heavy atom. The number of ether oxygens (including phenoxy) is 1. The van der Waals surface area contributed by atoms with Crippen LogP contribution in [0, 0.1) is 0 Å². The van der Waals surface area contributed by atoms with Gasteiger partial charge in [0.1, 0.15) is 11.3 Å². The topological polar surface area (TPSA) is 137 Å². The summed E-state index contributed by atoms with van der Waals surface area (Å²) in [6.45, 7) is 3.42. The lowest BCUT2D eigenvalue weighted by molar-refractivity contribution is 0.102. The number of nitrogens with zero attached hydrogens (tertiary/aromatic N) is 6. The zero-order valence-electron chi connectivity index (χ0n) is 20.7. The highest BCUT2D eigenvalue weighted by atomic mass is 16.6. The molecule has 37 heavy (non-hydrogen) atoms. The van der Waals surface area contributed by atoms with Gasteiger partial charge in [-0.15, -0.1) is 0 Å². The first-order valence-electron chi connectivity index (χ1n) is 11.7. The van der Waals surface area contributed by atoms with E-state index >= 15 is 0 Å². The summed E-state index contributed by atoms with van der Waals surface area (Å²) in [5.41, 5.74) is 10.0. The van der Waals surface area contributed by atoms with Gasteiger partial charge >= 0.3 is 0 Å². The van der Waals surface area contributed by atoms with E-state index in [0.717, 1.165) is 17.7 Å². The van der Waals surface area contributed by atoms with Crippen LogP contribution in [-0.2, 0) is 13.1 Å². The van der Waals surface area contributed by atoms with Crippen molar-refractivity contribution in [3.63, 3.8) is 0 Å². The number of hydrogen-bond donors (Lipinski definition) is 2. The number of hydrogen-bond acceptors (Lipinski definition) is 9. The highest BCUT2D eigenvalue weighted by molar-refractivity contribution is 6.04. The molecule has 5 rings (SSSR count). The van der Waals surface area contributed by atoms with Gasteiger partial charge in [0.05, 0.1) is 11.7 Å². The molecule has 2 aromatic carbocycles. The Kier molecular flexibility index (Phi) is 6.52. The van der Waals surface area contributed by atoms with Crippen LogP contribution in [-0.4, -0.2) is 49.8 Å². The molecular formula is C26H26N8O3. The second-order valence-corrected chi connectivity index (χ2v) is 8.71. The Morgan fingerprint density at radius 2 is 1.95 bits per heavy atom. The van der Waals surface area contributed by atoms with E-state index < -0.39 is 0 Å². The van der Waals surface area contributed by atoms with Crippen LogP contribution in [0.1, 0.15) is 22.8 Å². The lowest BCUT2D eigenvalue weighted by Gasteiger charge is -2.11. The molecule has 0 fully saturated rings. The number of anilines is 2. The Hall–Kier alpha value is -4.77. The molecule has 11 heteroatoms. The van der Waals surface area contributed by atoms with Gasteiger partial charge in [-0.25, -0.2) is 14.6 Å². The fourth-order valence-electron chi connectivity index (χ4n) is 4.00. The summed E-state index contributed by atoms with van der Waals surface area (Å²) in [7, 11) is 4.03. The number of rotatable bonds is 8. The minimum absolute atomic E-state index is 0.161. The smallest absolute Gasteiger partial charge is 0.255 e. The Bertz CT molecular complexity index is 1560. The van der Waals surface area contributed by atoms with Gasteiger partial charge in [0, 0.05) is 30.4 Å². The molecule has 0 atom stereocenters. The number of nitrogens with one attached hydrogen (secondary N) is 1. The highest BCUT2D eigenvalue weighted by Gasteiger charge is 2.19. The van der Waals surface area contributed by atoms with Crippen molar-refractivity contribution in [2.24, 2.45) is 0 Å². The molecule has 11 nitrogen and oxygen atoms in total. The summed E-state index contributed by atoms with van der Waals surface area (Å²) in [5.74, 6) is 1.29. The predicted molar refractivity (Wildman–Crippen MR) is 139 cm³/mol. The van der Waals surface area contributed by atoms with Gasteiger partial charge < -0.3 is 25.3 Å². The van der Waals surface area contributed by atoms with Gasteiger partial charge in [0.25, 0.3) is 5.91 Å². The number of nitrogens with two attached hydrogens (primary N) is 1. The first-order chi connectivity index (χ1) is 17.9. The fraction of sp³-hybridized carbons (Fsp3) is 0.192. The summed E-state index contributed by atoms with van der Waals surface area (Å²) in [4.78, 5) is 23.9. The summed E-state index contributed by atoms with van der Waals surface area (Å²) in [6.07, 6.45) is 1.61. The quantitative estimate of drug-likeness (QED) is 0.322. The molecule has 3 N–H and O–H groups in total. The normalized spacial score (nSPS) is 11.2. The first kappa shape index (κ1) is 23.9. The fourth-order valence-corrected chi connectivity index (χ4v) is 4.00. The van der Waals surface area contributed by atoms with Crippen LogP contribution < -0.4 is 15.8 Å². The van der Waals surface area contributed by atoms with Gasteiger partial charge in [0.2, 0.25) is 5.88 Å². The van der Waals surface area contributed by atoms with Crippen LogP contribution in [0.25, 0.3) is 22.6 Å². The van der Waals surface area contributed by atoms with Gasteiger partial charge in [-0.2, -0.15) is 0 Å². The lowest BCUT2D eigenvalue weighted by atomic mass is 10.1. The monoisotopic (exact) mass is 498 g/mol. The van der Waals surface area contributed by atoms with Crippen molar-refractivity contribution in [1.82, 2.24) is 29.7 Å². The third-order valence-corrected chi connectivity index (χ3v) is 5.68. The Labute approximate surface area is 212 Å². The Balaban J connectivity index is 1.34. The average Bonchev–Trinajstić information content (AvgIpc) is 3.47. The molecule has 0 aliphatic heterocycles. The summed E-state index contributed by atoms with van der Waals surface area (Å²) in [6, 6.07) is 16.5. The first-order valence-corrected chi connectivity index (χ1v) is 11.7. The third-order valence-electron chi connectivity index (χ3n) is 5.68. The van der Waals surface area contributed by atoms with Crippen molar-refractivity contribution in [2.75, 3.05) is 25.1 Å². The van der Waals surface area contributed by atoms with Crippen molar-refractivity contribution in [1.29, 1.82) is 0 Å². The molecule has 3 heterocycles. The number of imidazole rings is 1. The second kappa shape index (κ2) is 10.1. The van der Waals surface area contributed by atoms with E-state index in [1.54, 1.807) is 36.5 Å². The molecule has 3 aromatic heterocycles. The van der Waals surface area contributed by atoms with E-state index in [1.807, 2.05) is 49.9 Å². The van der Waals surface area contributed by atoms with E-state index in [0.29, 0.717) is 40.8 Å². The molecule has 1 amide bonds. The molecule has 0 saturated heterocycles. The van der Waals surface area contributed by atoms with Gasteiger partial charge in [0.15, 0.2) is 17.3 Å². The van der Waals surface area contributed by atoms with Crippen LogP contribution in [0.2, 0.25) is 0 Å². The number of amides is 1. The molecule has 0 spiro atoms. The highest BCUT2D eigenvalue weighted by Crippen LogP contribution is 2.29. The van der Waals surface area contributed by atoms with Crippen LogP contribution in [0.4, 0.5) is 11.5 Å². The van der Waals surface area contributed by atoms with Crippen LogP contribution >= 0.6 is 0 Å². The number of aromatic nitrogens is 5. The number of benzene rings is 2. The minimum Gasteiger partial charge on any atom is -0.439 e. The number of nitrogen functional groups attached to an aromatic ring is 1. The van der Waals surface area contributed by atoms with Crippen molar-refractivity contribution in [3.05, 3.63) is 71.9 Å². The predicted octanol–water partition coefficient (Wildman–Crippen LogP) is 4.19. The summed E-state index contributed by atoms with van der Waals surface area (Å²) < 4.78 is 12.7. The zero-order valence-corrected chi connectivity index (χ0v) is 20.7. The summed E-state index contributed by atoms with van der Waals surface area (Å²) in [5, 5.41) is 10.4. The minimum atomic E-state index is -0.235. The zero-order chi connectivity index (χ0) is 25.9. The maximum absolute atomic E-state index is 12.9. The molecular weight excluding hydrogens is 472 g/mol. The molecule has 188 valence electrons. The second-order valence-electron chi connectivity index (χ2n) is 8.71. The van der Waals surface area contributed by atoms with Gasteiger partial charge in [-0.05, 0) is 67.2 Å². The Morgan fingerprint density at radius 3 is 2.65 bits per heavy atom. The summed E-state index contributed by atoms with van der Waals surface area (Å²) >= 11 is 0. The lowest BCUT2D eigenvalue weighted by Crippen LogP contribution is -2.13. The standard InChI is InChI=1S/C26H26N8O3/c1-4-34-21-13-22(28-14-20(21)30-25(34)23-24(27)32-37-31-23)36-19-7-5-6-17(12-19)26(35)29-18-10-8-16(9-11-18)15-33(2)3/h5-14H,4,15H2,1-3H3,(H2,27,32)(H,29,35). The van der Waals surface area contributed by atoms with E-state index in [-0.39, 0.29) is 11.7 Å². The maximum Gasteiger partial charge on any atom is 0.255 e. The van der Waals surface area contributed by atoms with Crippen molar-refractivity contribution in [2.45, 2.75) is 20.0 Å². The molecule has 0 unspecified atom stereocenters. The molecule has 0 bridgehead atoms. The van der Waals surface area contributed by atoms with Crippen molar-refractivity contribution >= 4 is 28.4 Å². The van der Waals surface area contributed by atoms with E-state index in [4.69, 9.17) is 15.1 Å². The molecule has 0 saturated carbocycles. The molecule has 0 aliphatic rings. The molecule has 0 aliphatic carbocycles. The van der Waals surface area contributed by atoms with Crippen LogP contribution in [0.5, 0.6) is 11.6 Å². The maximum atomic E-state index is 12.9.